The molecule has 0 aliphatic rings. The highest BCUT2D eigenvalue weighted by Gasteiger charge is 1.91. The van der Waals surface area contributed by atoms with Gasteiger partial charge in [-0.25, -0.2) is 0 Å². The van der Waals surface area contributed by atoms with Crippen molar-refractivity contribution in [1.29, 1.82) is 0 Å². The average Bonchev–Trinajstić information content (AvgIpc) is 2.01. The van der Waals surface area contributed by atoms with Gasteiger partial charge in [-0.15, -0.1) is 0 Å². The molecule has 3 heteroatoms. The average molecular weight is 152 g/mol. The smallest absolute Gasteiger partial charge is 0.0572 e. The molecule has 1 aromatic rings. The van der Waals surface area contributed by atoms with Crippen LogP contribution < -0.4 is 5.48 Å². The van der Waals surface area contributed by atoms with E-state index in [0.717, 1.165) is 5.56 Å². The fraction of sp³-hybridized carbons (Fsp3) is 0.375. The minimum absolute atomic E-state index is 0.700. The molecule has 1 rings (SSSR count). The maximum atomic E-state index is 4.71. The van der Waals surface area contributed by atoms with Gasteiger partial charge in [0.15, 0.2) is 0 Å². The second-order valence-corrected chi connectivity index (χ2v) is 2.40. The first-order valence-corrected chi connectivity index (χ1v) is 3.49. The van der Waals surface area contributed by atoms with E-state index in [2.05, 4.69) is 16.5 Å². The van der Waals surface area contributed by atoms with E-state index in [4.69, 9.17) is 4.84 Å². The first-order chi connectivity index (χ1) is 5.33. The molecule has 60 valence electrons. The summed E-state index contributed by atoms with van der Waals surface area (Å²) < 4.78 is 0. The van der Waals surface area contributed by atoms with Gasteiger partial charge in [0.2, 0.25) is 0 Å². The van der Waals surface area contributed by atoms with Crippen LogP contribution in [0.2, 0.25) is 0 Å². The van der Waals surface area contributed by atoms with Crippen LogP contribution in [0.1, 0.15) is 11.1 Å². The molecule has 0 aliphatic carbocycles. The van der Waals surface area contributed by atoms with Crippen molar-refractivity contribution in [1.82, 2.24) is 10.5 Å². The zero-order valence-electron chi connectivity index (χ0n) is 6.79. The molecule has 0 bridgehead atoms. The molecule has 0 aliphatic heterocycles. The van der Waals surface area contributed by atoms with E-state index in [-0.39, 0.29) is 0 Å². The van der Waals surface area contributed by atoms with E-state index in [1.54, 1.807) is 7.11 Å². The van der Waals surface area contributed by atoms with Gasteiger partial charge in [0.1, 0.15) is 0 Å². The van der Waals surface area contributed by atoms with Crippen LogP contribution in [0.4, 0.5) is 0 Å². The Morgan fingerprint density at radius 1 is 1.55 bits per heavy atom. The van der Waals surface area contributed by atoms with E-state index in [0.29, 0.717) is 6.54 Å². The zero-order valence-corrected chi connectivity index (χ0v) is 6.79. The first-order valence-electron chi connectivity index (χ1n) is 3.49. The lowest BCUT2D eigenvalue weighted by atomic mass is 10.2. The van der Waals surface area contributed by atoms with Gasteiger partial charge in [-0.3, -0.25) is 4.98 Å². The number of nitrogens with zero attached hydrogens (tertiary/aromatic N) is 1. The summed E-state index contributed by atoms with van der Waals surface area (Å²) in [4.78, 5) is 8.75. The van der Waals surface area contributed by atoms with Crippen molar-refractivity contribution in [3.05, 3.63) is 29.6 Å². The lowest BCUT2D eigenvalue weighted by Crippen LogP contribution is -2.10. The van der Waals surface area contributed by atoms with Crippen LogP contribution in [-0.4, -0.2) is 12.1 Å². The van der Waals surface area contributed by atoms with Crippen molar-refractivity contribution >= 4 is 0 Å². The van der Waals surface area contributed by atoms with E-state index < -0.39 is 0 Å². The molecule has 0 unspecified atom stereocenters. The molecule has 0 atom stereocenters. The molecule has 1 heterocycles. The topological polar surface area (TPSA) is 34.1 Å². The molecule has 3 nitrogen and oxygen atoms in total. The van der Waals surface area contributed by atoms with Gasteiger partial charge in [-0.05, 0) is 18.1 Å². The predicted octanol–water partition coefficient (Wildman–Crippen LogP) is 1.04. The summed E-state index contributed by atoms with van der Waals surface area (Å²) >= 11 is 0. The molecule has 11 heavy (non-hydrogen) atoms. The maximum Gasteiger partial charge on any atom is 0.0572 e. The molecular weight excluding hydrogens is 140 g/mol. The van der Waals surface area contributed by atoms with Crippen molar-refractivity contribution in [2.45, 2.75) is 13.5 Å². The van der Waals surface area contributed by atoms with E-state index in [9.17, 15) is 0 Å². The minimum Gasteiger partial charge on any atom is -0.305 e. The van der Waals surface area contributed by atoms with Crippen LogP contribution in [-0.2, 0) is 11.4 Å². The fourth-order valence-corrected chi connectivity index (χ4v) is 0.870. The van der Waals surface area contributed by atoms with Crippen molar-refractivity contribution in [3.8, 4) is 0 Å². The van der Waals surface area contributed by atoms with Crippen LogP contribution in [0, 0.1) is 6.92 Å². The van der Waals surface area contributed by atoms with Crippen molar-refractivity contribution < 1.29 is 4.84 Å². The predicted molar refractivity (Wildman–Crippen MR) is 42.8 cm³/mol. The third-order valence-electron chi connectivity index (χ3n) is 1.35. The van der Waals surface area contributed by atoms with Gasteiger partial charge in [-0.1, -0.05) is 6.07 Å². The van der Waals surface area contributed by atoms with Gasteiger partial charge in [0.05, 0.1) is 7.11 Å². The summed E-state index contributed by atoms with van der Waals surface area (Å²) in [6, 6.07) is 2.07. The first kappa shape index (κ1) is 8.17. The third-order valence-corrected chi connectivity index (χ3v) is 1.35. The quantitative estimate of drug-likeness (QED) is 0.657. The zero-order chi connectivity index (χ0) is 8.10. The number of hydroxylamine groups is 1. The summed E-state index contributed by atoms with van der Waals surface area (Å²) in [5.74, 6) is 0. The Labute approximate surface area is 66.4 Å². The van der Waals surface area contributed by atoms with Gasteiger partial charge in [0.25, 0.3) is 0 Å². The molecular formula is C8H12N2O. The van der Waals surface area contributed by atoms with Crippen LogP contribution in [0.3, 0.4) is 0 Å². The number of pyridine rings is 1. The Balaban J connectivity index is 2.56. The van der Waals surface area contributed by atoms with Gasteiger partial charge >= 0.3 is 0 Å². The molecule has 0 fully saturated rings. The molecule has 0 amide bonds. The van der Waals surface area contributed by atoms with E-state index in [1.165, 1.54) is 5.56 Å². The monoisotopic (exact) mass is 152 g/mol. The standard InChI is InChI=1S/C8H12N2O/c1-7-3-8(5-9-4-7)6-10-11-2/h3-5,10H,6H2,1-2H3. The largest absolute Gasteiger partial charge is 0.305 e. The summed E-state index contributed by atoms with van der Waals surface area (Å²) in [6.45, 7) is 2.72. The van der Waals surface area contributed by atoms with E-state index >= 15 is 0 Å². The normalized spacial score (nSPS) is 10.0. The molecule has 0 aromatic carbocycles. The number of nitrogens with one attached hydrogen (secondary N) is 1. The van der Waals surface area contributed by atoms with E-state index in [1.807, 2.05) is 19.3 Å². The Morgan fingerprint density at radius 3 is 3.00 bits per heavy atom. The number of aryl methyl sites for hydroxylation is 1. The van der Waals surface area contributed by atoms with Crippen LogP contribution in [0.5, 0.6) is 0 Å². The summed E-state index contributed by atoms with van der Waals surface area (Å²) in [5, 5.41) is 0. The summed E-state index contributed by atoms with van der Waals surface area (Å²) in [7, 11) is 1.60. The molecule has 1 aromatic heterocycles. The second-order valence-electron chi connectivity index (χ2n) is 2.40. The summed E-state index contributed by atoms with van der Waals surface area (Å²) in [6.07, 6.45) is 3.65. The molecule has 0 spiro atoms. The molecule has 0 radical (unpaired) electrons. The third kappa shape index (κ3) is 2.65. The Kier molecular flexibility index (Phi) is 3.01. The SMILES string of the molecule is CONCc1cncc(C)c1. The number of rotatable bonds is 3. The lowest BCUT2D eigenvalue weighted by Gasteiger charge is -2.01. The highest BCUT2D eigenvalue weighted by atomic mass is 16.6. The molecule has 0 saturated heterocycles. The second kappa shape index (κ2) is 4.05. The highest BCUT2D eigenvalue weighted by Crippen LogP contribution is 1.99. The van der Waals surface area contributed by atoms with Crippen molar-refractivity contribution in [2.24, 2.45) is 0 Å². The number of hydrogen-bond acceptors (Lipinski definition) is 3. The Morgan fingerprint density at radius 2 is 2.36 bits per heavy atom. The lowest BCUT2D eigenvalue weighted by molar-refractivity contribution is 0.0866. The number of hydrogen-bond donors (Lipinski definition) is 1. The minimum atomic E-state index is 0.700. The van der Waals surface area contributed by atoms with Crippen LogP contribution in [0.15, 0.2) is 18.5 Å². The fourth-order valence-electron chi connectivity index (χ4n) is 0.870. The van der Waals surface area contributed by atoms with Crippen LogP contribution >= 0.6 is 0 Å². The molecule has 1 N–H and O–H groups in total. The van der Waals surface area contributed by atoms with Crippen LogP contribution in [0.25, 0.3) is 0 Å². The van der Waals surface area contributed by atoms with Crippen molar-refractivity contribution in [2.75, 3.05) is 7.11 Å². The van der Waals surface area contributed by atoms with Gasteiger partial charge in [0, 0.05) is 18.9 Å². The molecule has 0 saturated carbocycles. The maximum absolute atomic E-state index is 4.71. The Hall–Kier alpha value is -0.930. The Bertz CT molecular complexity index is 225. The highest BCUT2D eigenvalue weighted by molar-refractivity contribution is 5.15. The van der Waals surface area contributed by atoms with Crippen molar-refractivity contribution in [3.63, 3.8) is 0 Å². The van der Waals surface area contributed by atoms with Gasteiger partial charge in [-0.2, -0.15) is 5.48 Å². The van der Waals surface area contributed by atoms with Gasteiger partial charge < -0.3 is 4.84 Å². The summed E-state index contributed by atoms with van der Waals surface area (Å²) in [5.41, 5.74) is 5.05. The number of aromatic nitrogens is 1.